The first-order valence-corrected chi connectivity index (χ1v) is 10.9. The fraction of sp³-hybridized carbons (Fsp3) is 0.333. The average Bonchev–Trinajstić information content (AvgIpc) is 2.79. The Morgan fingerprint density at radius 3 is 2.33 bits per heavy atom. The van der Waals surface area contributed by atoms with Crippen LogP contribution in [0.2, 0.25) is 0 Å². The highest BCUT2D eigenvalue weighted by Gasteiger charge is 2.31. The first kappa shape index (κ1) is 20.8. The third-order valence-electron chi connectivity index (χ3n) is 5.92. The number of morpholine rings is 1. The van der Waals surface area contributed by atoms with Crippen LogP contribution < -0.4 is 0 Å². The monoisotopic (exact) mass is 401 g/mol. The van der Waals surface area contributed by atoms with Crippen molar-refractivity contribution >= 4 is 0 Å². The van der Waals surface area contributed by atoms with Crippen LogP contribution in [0, 0.1) is 0 Å². The van der Waals surface area contributed by atoms with Crippen molar-refractivity contribution in [2.24, 2.45) is 0 Å². The molecule has 1 fully saturated rings. The van der Waals surface area contributed by atoms with Gasteiger partial charge in [0.15, 0.2) is 0 Å². The molecular formula is C27H31NO2. The van der Waals surface area contributed by atoms with Gasteiger partial charge >= 0.3 is 0 Å². The first-order valence-electron chi connectivity index (χ1n) is 10.9. The highest BCUT2D eigenvalue weighted by molar-refractivity contribution is 5.68. The predicted molar refractivity (Wildman–Crippen MR) is 122 cm³/mol. The largest absolute Gasteiger partial charge is 0.393 e. The molecule has 3 atom stereocenters. The molecule has 3 unspecified atom stereocenters. The van der Waals surface area contributed by atoms with Gasteiger partial charge in [0.2, 0.25) is 0 Å². The normalized spacial score (nSPS) is 19.3. The summed E-state index contributed by atoms with van der Waals surface area (Å²) >= 11 is 0. The van der Waals surface area contributed by atoms with Gasteiger partial charge < -0.3 is 9.84 Å². The van der Waals surface area contributed by atoms with Crippen molar-refractivity contribution in [3.8, 4) is 11.1 Å². The number of hydrogen-bond acceptors (Lipinski definition) is 3. The molecule has 4 rings (SSSR count). The number of ether oxygens (including phenoxy) is 1. The van der Waals surface area contributed by atoms with E-state index in [0.29, 0.717) is 6.42 Å². The van der Waals surface area contributed by atoms with E-state index in [9.17, 15) is 5.11 Å². The highest BCUT2D eigenvalue weighted by Crippen LogP contribution is 2.36. The maximum absolute atomic E-state index is 10.3. The Kier molecular flexibility index (Phi) is 6.96. The molecule has 30 heavy (non-hydrogen) atoms. The van der Waals surface area contributed by atoms with Gasteiger partial charge in [0.05, 0.1) is 18.8 Å². The summed E-state index contributed by atoms with van der Waals surface area (Å²) in [6.07, 6.45) is 0.363. The Labute approximate surface area is 179 Å². The number of aliphatic hydroxyl groups excluding tert-OH is 1. The Morgan fingerprint density at radius 1 is 0.933 bits per heavy atom. The molecule has 1 aliphatic rings. The van der Waals surface area contributed by atoms with Gasteiger partial charge in [-0.1, -0.05) is 84.9 Å². The van der Waals surface area contributed by atoms with Crippen LogP contribution in [0.3, 0.4) is 0 Å². The fourth-order valence-electron chi connectivity index (χ4n) is 4.51. The van der Waals surface area contributed by atoms with Crippen molar-refractivity contribution in [2.75, 3.05) is 19.7 Å². The minimum atomic E-state index is -0.382. The van der Waals surface area contributed by atoms with Gasteiger partial charge in [0, 0.05) is 25.6 Å². The topological polar surface area (TPSA) is 32.7 Å². The molecule has 0 spiro atoms. The predicted octanol–water partition coefficient (Wildman–Crippen LogP) is 5.11. The lowest BCUT2D eigenvalue weighted by molar-refractivity contribution is -0.0504. The first-order chi connectivity index (χ1) is 14.7. The van der Waals surface area contributed by atoms with Crippen LogP contribution in [0.1, 0.15) is 30.4 Å². The van der Waals surface area contributed by atoms with Gasteiger partial charge in [-0.25, -0.2) is 0 Å². The van der Waals surface area contributed by atoms with Crippen molar-refractivity contribution in [2.45, 2.75) is 38.0 Å². The van der Waals surface area contributed by atoms with Crippen LogP contribution in [0.4, 0.5) is 0 Å². The molecule has 3 nitrogen and oxygen atoms in total. The van der Waals surface area contributed by atoms with Crippen LogP contribution in [-0.4, -0.2) is 41.9 Å². The van der Waals surface area contributed by atoms with Gasteiger partial charge in [0.1, 0.15) is 0 Å². The van der Waals surface area contributed by atoms with Crippen molar-refractivity contribution in [3.05, 3.63) is 96.1 Å². The van der Waals surface area contributed by atoms with Crippen molar-refractivity contribution in [1.82, 2.24) is 4.90 Å². The second-order valence-electron chi connectivity index (χ2n) is 8.27. The molecule has 156 valence electrons. The van der Waals surface area contributed by atoms with E-state index in [-0.39, 0.29) is 18.1 Å². The zero-order valence-electron chi connectivity index (χ0n) is 17.7. The molecule has 1 aliphatic heterocycles. The van der Waals surface area contributed by atoms with Crippen molar-refractivity contribution in [3.63, 3.8) is 0 Å². The molecular weight excluding hydrogens is 370 g/mol. The third-order valence-corrected chi connectivity index (χ3v) is 5.92. The van der Waals surface area contributed by atoms with Gasteiger partial charge in [-0.2, -0.15) is 0 Å². The molecule has 0 saturated carbocycles. The van der Waals surface area contributed by atoms with E-state index < -0.39 is 0 Å². The van der Waals surface area contributed by atoms with Gasteiger partial charge in [-0.05, 0) is 35.6 Å². The number of rotatable bonds is 7. The molecule has 1 heterocycles. The summed E-state index contributed by atoms with van der Waals surface area (Å²) in [5, 5.41) is 10.3. The van der Waals surface area contributed by atoms with Crippen LogP contribution >= 0.6 is 0 Å². The molecule has 3 aromatic carbocycles. The summed E-state index contributed by atoms with van der Waals surface area (Å²) < 4.78 is 6.30. The fourth-order valence-corrected chi connectivity index (χ4v) is 4.51. The Bertz CT molecular complexity index is 910. The number of nitrogens with zero attached hydrogens (tertiary/aromatic N) is 1. The molecule has 0 radical (unpaired) electrons. The maximum Gasteiger partial charge on any atom is 0.0772 e. The lowest BCUT2D eigenvalue weighted by Crippen LogP contribution is -2.45. The number of hydrogen-bond donors (Lipinski definition) is 1. The molecule has 0 aliphatic carbocycles. The molecule has 0 aromatic heterocycles. The van der Waals surface area contributed by atoms with E-state index in [0.717, 1.165) is 26.2 Å². The van der Waals surface area contributed by atoms with Crippen LogP contribution in [0.25, 0.3) is 11.1 Å². The van der Waals surface area contributed by atoms with E-state index in [4.69, 9.17) is 4.74 Å². The van der Waals surface area contributed by atoms with E-state index in [1.54, 1.807) is 0 Å². The summed E-state index contributed by atoms with van der Waals surface area (Å²) in [7, 11) is 0. The molecule has 1 saturated heterocycles. The molecule has 1 N–H and O–H groups in total. The van der Waals surface area contributed by atoms with Crippen molar-refractivity contribution < 1.29 is 9.84 Å². The van der Waals surface area contributed by atoms with Gasteiger partial charge in [0.25, 0.3) is 0 Å². The summed E-state index contributed by atoms with van der Waals surface area (Å²) in [4.78, 5) is 2.48. The second-order valence-corrected chi connectivity index (χ2v) is 8.27. The number of aliphatic hydroxyl groups is 1. The zero-order valence-corrected chi connectivity index (χ0v) is 17.7. The second kappa shape index (κ2) is 10.0. The minimum Gasteiger partial charge on any atom is -0.393 e. The van der Waals surface area contributed by atoms with E-state index in [1.165, 1.54) is 22.3 Å². The van der Waals surface area contributed by atoms with E-state index in [2.05, 4.69) is 83.8 Å². The Morgan fingerprint density at radius 2 is 1.60 bits per heavy atom. The Balaban J connectivity index is 1.60. The standard InChI is InChI=1S/C27H31NO2/c1-21(29)18-26(25-15-9-8-14-24(25)23-12-6-3-7-13-23)27-20-28(16-17-30-27)19-22-10-4-2-5-11-22/h2-15,21,26-27,29H,16-20H2,1H3. The molecule has 3 heteroatoms. The van der Waals surface area contributed by atoms with E-state index in [1.807, 2.05) is 13.0 Å². The van der Waals surface area contributed by atoms with Crippen LogP contribution in [-0.2, 0) is 11.3 Å². The summed E-state index contributed by atoms with van der Waals surface area (Å²) in [6, 6.07) is 29.7. The van der Waals surface area contributed by atoms with Gasteiger partial charge in [-0.15, -0.1) is 0 Å². The SMILES string of the molecule is CC(O)CC(c1ccccc1-c1ccccc1)C1CN(Cc2ccccc2)CCO1. The minimum absolute atomic E-state index is 0.0573. The van der Waals surface area contributed by atoms with Gasteiger partial charge in [-0.3, -0.25) is 4.90 Å². The van der Waals surface area contributed by atoms with Crippen molar-refractivity contribution in [1.29, 1.82) is 0 Å². The quantitative estimate of drug-likeness (QED) is 0.597. The third kappa shape index (κ3) is 5.17. The zero-order chi connectivity index (χ0) is 20.8. The lowest BCUT2D eigenvalue weighted by atomic mass is 9.83. The van der Waals surface area contributed by atoms with Crippen LogP contribution in [0.5, 0.6) is 0 Å². The van der Waals surface area contributed by atoms with Crippen LogP contribution in [0.15, 0.2) is 84.9 Å². The summed E-state index contributed by atoms with van der Waals surface area (Å²) in [6.45, 7) is 5.34. The molecule has 3 aromatic rings. The smallest absolute Gasteiger partial charge is 0.0772 e. The van der Waals surface area contributed by atoms with E-state index >= 15 is 0 Å². The summed E-state index contributed by atoms with van der Waals surface area (Å²) in [5.41, 5.74) is 5.03. The Hall–Kier alpha value is -2.46. The lowest BCUT2D eigenvalue weighted by Gasteiger charge is -2.38. The summed E-state index contributed by atoms with van der Waals surface area (Å²) in [5.74, 6) is 0.139. The molecule has 0 amide bonds. The maximum atomic E-state index is 10.3. The number of benzene rings is 3. The average molecular weight is 402 g/mol. The highest BCUT2D eigenvalue weighted by atomic mass is 16.5. The molecule has 0 bridgehead atoms.